The Hall–Kier alpha value is -2.20. The van der Waals surface area contributed by atoms with Crippen molar-refractivity contribution in [2.75, 3.05) is 20.8 Å². The van der Waals surface area contributed by atoms with Crippen LogP contribution in [0.4, 0.5) is 0 Å². The molecule has 24 heavy (non-hydrogen) atoms. The maximum Gasteiger partial charge on any atom is 0.254 e. The number of rotatable bonds is 3. The van der Waals surface area contributed by atoms with Gasteiger partial charge in [-0.05, 0) is 54.8 Å². The quantitative estimate of drug-likeness (QED) is 0.840. The highest BCUT2D eigenvalue weighted by Crippen LogP contribution is 2.38. The number of hydrogen-bond acceptors (Lipinski definition) is 3. The molecule has 0 radical (unpaired) electrons. The lowest BCUT2D eigenvalue weighted by Crippen LogP contribution is -2.38. The predicted molar refractivity (Wildman–Crippen MR) is 94.2 cm³/mol. The third-order valence-electron chi connectivity index (χ3n) is 4.52. The molecule has 5 heteroatoms. The molecule has 3 rings (SSSR count). The van der Waals surface area contributed by atoms with E-state index < -0.39 is 0 Å². The Balaban J connectivity index is 1.94. The van der Waals surface area contributed by atoms with Gasteiger partial charge in [0.1, 0.15) is 0 Å². The summed E-state index contributed by atoms with van der Waals surface area (Å²) in [4.78, 5) is 14.7. The largest absolute Gasteiger partial charge is 0.493 e. The fourth-order valence-electron chi connectivity index (χ4n) is 3.21. The number of methoxy groups -OCH3 is 2. The molecule has 2 aromatic carbocycles. The van der Waals surface area contributed by atoms with Crippen LogP contribution in [0.15, 0.2) is 36.4 Å². The number of hydrogen-bond donors (Lipinski definition) is 0. The second-order valence-electron chi connectivity index (χ2n) is 5.84. The van der Waals surface area contributed by atoms with Crippen LogP contribution in [0.25, 0.3) is 0 Å². The van der Waals surface area contributed by atoms with Crippen LogP contribution >= 0.6 is 11.6 Å². The van der Waals surface area contributed by atoms with Gasteiger partial charge in [-0.1, -0.05) is 17.7 Å². The van der Waals surface area contributed by atoms with Gasteiger partial charge in [0.2, 0.25) is 0 Å². The highest BCUT2D eigenvalue weighted by molar-refractivity contribution is 6.30. The first kappa shape index (κ1) is 16.7. The summed E-state index contributed by atoms with van der Waals surface area (Å²) in [5, 5.41) is 0.567. The Morgan fingerprint density at radius 1 is 1.17 bits per heavy atom. The van der Waals surface area contributed by atoms with E-state index >= 15 is 0 Å². The number of benzene rings is 2. The van der Waals surface area contributed by atoms with Gasteiger partial charge < -0.3 is 14.4 Å². The Morgan fingerprint density at radius 3 is 2.54 bits per heavy atom. The molecule has 0 unspecified atom stereocenters. The van der Waals surface area contributed by atoms with Crippen LogP contribution in [0.2, 0.25) is 5.02 Å². The number of carbonyl (C=O) groups is 1. The van der Waals surface area contributed by atoms with E-state index in [-0.39, 0.29) is 11.9 Å². The minimum atomic E-state index is -0.0416. The molecule has 0 saturated heterocycles. The van der Waals surface area contributed by atoms with Crippen LogP contribution in [0.3, 0.4) is 0 Å². The average molecular weight is 346 g/mol. The molecule has 1 aliphatic heterocycles. The van der Waals surface area contributed by atoms with Gasteiger partial charge in [-0.25, -0.2) is 0 Å². The summed E-state index contributed by atoms with van der Waals surface area (Å²) >= 11 is 6.02. The first-order valence-electron chi connectivity index (χ1n) is 7.86. The van der Waals surface area contributed by atoms with Gasteiger partial charge in [0.05, 0.1) is 20.3 Å². The monoisotopic (exact) mass is 345 g/mol. The summed E-state index contributed by atoms with van der Waals surface area (Å²) < 4.78 is 10.8. The molecule has 0 aromatic heterocycles. The van der Waals surface area contributed by atoms with Crippen LogP contribution in [0.1, 0.15) is 34.5 Å². The number of nitrogens with zero attached hydrogens (tertiary/aromatic N) is 1. The molecule has 2 aromatic rings. The van der Waals surface area contributed by atoms with Crippen LogP contribution < -0.4 is 9.47 Å². The van der Waals surface area contributed by atoms with E-state index in [1.54, 1.807) is 38.5 Å². The first-order valence-corrected chi connectivity index (χ1v) is 8.24. The van der Waals surface area contributed by atoms with Crippen molar-refractivity contribution in [1.82, 2.24) is 4.90 Å². The maximum atomic E-state index is 12.9. The zero-order valence-electron chi connectivity index (χ0n) is 14.0. The number of ether oxygens (including phenoxy) is 2. The van der Waals surface area contributed by atoms with Gasteiger partial charge >= 0.3 is 0 Å². The van der Waals surface area contributed by atoms with E-state index in [2.05, 4.69) is 0 Å². The van der Waals surface area contributed by atoms with E-state index in [9.17, 15) is 4.79 Å². The van der Waals surface area contributed by atoms with Crippen molar-refractivity contribution in [3.63, 3.8) is 0 Å². The molecule has 126 valence electrons. The van der Waals surface area contributed by atoms with Gasteiger partial charge in [0.15, 0.2) is 11.5 Å². The van der Waals surface area contributed by atoms with Gasteiger partial charge in [-0.15, -0.1) is 0 Å². The smallest absolute Gasteiger partial charge is 0.254 e. The molecule has 1 heterocycles. The third-order valence-corrected chi connectivity index (χ3v) is 4.75. The van der Waals surface area contributed by atoms with Gasteiger partial charge in [-0.2, -0.15) is 0 Å². The van der Waals surface area contributed by atoms with Crippen molar-refractivity contribution in [2.45, 2.75) is 19.4 Å². The molecular formula is C19H20ClNO3. The molecule has 1 atom stereocenters. The van der Waals surface area contributed by atoms with Crippen LogP contribution in [0, 0.1) is 0 Å². The van der Waals surface area contributed by atoms with Crippen molar-refractivity contribution in [3.8, 4) is 11.5 Å². The Bertz CT molecular complexity index is 775. The maximum absolute atomic E-state index is 12.9. The summed E-state index contributed by atoms with van der Waals surface area (Å²) in [5.41, 5.74) is 2.89. The molecule has 0 fully saturated rings. The lowest BCUT2D eigenvalue weighted by atomic mass is 9.92. The topological polar surface area (TPSA) is 38.8 Å². The predicted octanol–water partition coefficient (Wildman–Crippen LogP) is 4.12. The Kier molecular flexibility index (Phi) is 4.67. The number of fused-ring (bicyclic) bond motifs is 1. The van der Waals surface area contributed by atoms with Crippen molar-refractivity contribution >= 4 is 17.5 Å². The van der Waals surface area contributed by atoms with E-state index in [0.29, 0.717) is 22.9 Å². The summed E-state index contributed by atoms with van der Waals surface area (Å²) in [5.74, 6) is 1.39. The minimum Gasteiger partial charge on any atom is -0.493 e. The SMILES string of the molecule is COc1cc2c(cc1OC)[C@H](C)N(C(=O)c1cccc(Cl)c1)CC2. The van der Waals surface area contributed by atoms with Crippen molar-refractivity contribution < 1.29 is 14.3 Å². The van der Waals surface area contributed by atoms with Crippen LogP contribution in [-0.4, -0.2) is 31.6 Å². The second-order valence-corrected chi connectivity index (χ2v) is 6.28. The molecule has 0 saturated carbocycles. The molecule has 4 nitrogen and oxygen atoms in total. The minimum absolute atomic E-state index is 0.00886. The lowest BCUT2D eigenvalue weighted by molar-refractivity contribution is 0.0677. The Morgan fingerprint density at radius 2 is 1.88 bits per heavy atom. The number of halogens is 1. The standard InChI is InChI=1S/C19H20ClNO3/c1-12-16-11-18(24-3)17(23-2)10-13(16)7-8-21(12)19(22)14-5-4-6-15(20)9-14/h4-6,9-12H,7-8H2,1-3H3/t12-/m0/s1. The van der Waals surface area contributed by atoms with E-state index in [4.69, 9.17) is 21.1 Å². The highest BCUT2D eigenvalue weighted by atomic mass is 35.5. The zero-order chi connectivity index (χ0) is 17.3. The lowest BCUT2D eigenvalue weighted by Gasteiger charge is -2.36. The fourth-order valence-corrected chi connectivity index (χ4v) is 3.40. The highest BCUT2D eigenvalue weighted by Gasteiger charge is 2.29. The summed E-state index contributed by atoms with van der Waals surface area (Å²) in [6, 6.07) is 11.0. The van der Waals surface area contributed by atoms with E-state index in [0.717, 1.165) is 17.7 Å². The summed E-state index contributed by atoms with van der Waals surface area (Å²) in [7, 11) is 3.25. The molecule has 1 aliphatic rings. The summed E-state index contributed by atoms with van der Waals surface area (Å²) in [6.45, 7) is 2.70. The second kappa shape index (κ2) is 6.73. The average Bonchev–Trinajstić information content (AvgIpc) is 2.60. The number of amides is 1. The van der Waals surface area contributed by atoms with E-state index in [1.165, 1.54) is 5.56 Å². The Labute approximate surface area is 146 Å². The molecule has 0 N–H and O–H groups in total. The normalized spacial score (nSPS) is 16.5. The third kappa shape index (κ3) is 2.94. The van der Waals surface area contributed by atoms with Gasteiger partial charge in [0.25, 0.3) is 5.91 Å². The summed E-state index contributed by atoms with van der Waals surface area (Å²) in [6.07, 6.45) is 0.784. The van der Waals surface area contributed by atoms with Crippen LogP contribution in [0.5, 0.6) is 11.5 Å². The molecule has 0 spiro atoms. The van der Waals surface area contributed by atoms with Crippen molar-refractivity contribution in [2.24, 2.45) is 0 Å². The van der Waals surface area contributed by atoms with Crippen molar-refractivity contribution in [1.29, 1.82) is 0 Å². The molecular weight excluding hydrogens is 326 g/mol. The van der Waals surface area contributed by atoms with Crippen molar-refractivity contribution in [3.05, 3.63) is 58.1 Å². The zero-order valence-corrected chi connectivity index (χ0v) is 14.8. The number of carbonyl (C=O) groups excluding carboxylic acids is 1. The molecule has 0 bridgehead atoms. The van der Waals surface area contributed by atoms with E-state index in [1.807, 2.05) is 24.0 Å². The fraction of sp³-hybridized carbons (Fsp3) is 0.316. The van der Waals surface area contributed by atoms with Gasteiger partial charge in [0, 0.05) is 17.1 Å². The van der Waals surface area contributed by atoms with Crippen LogP contribution in [-0.2, 0) is 6.42 Å². The first-order chi connectivity index (χ1) is 11.5. The molecule has 1 amide bonds. The molecule has 0 aliphatic carbocycles. The van der Waals surface area contributed by atoms with Gasteiger partial charge in [-0.3, -0.25) is 4.79 Å².